The van der Waals surface area contributed by atoms with E-state index in [0.29, 0.717) is 18.9 Å². The molecule has 0 aromatic carbocycles. The number of thiophene rings is 1. The van der Waals surface area contributed by atoms with Gasteiger partial charge in [-0.2, -0.15) is 4.98 Å². The summed E-state index contributed by atoms with van der Waals surface area (Å²) in [6, 6.07) is 2.13. The van der Waals surface area contributed by atoms with Crippen molar-refractivity contribution in [1.29, 1.82) is 0 Å². The van der Waals surface area contributed by atoms with Crippen molar-refractivity contribution in [3.8, 4) is 0 Å². The zero-order valence-corrected chi connectivity index (χ0v) is 11.0. The molecular weight excluding hydrogens is 264 g/mol. The van der Waals surface area contributed by atoms with Crippen molar-refractivity contribution in [3.63, 3.8) is 0 Å². The summed E-state index contributed by atoms with van der Waals surface area (Å²) in [5, 5.41) is 9.09. The lowest BCUT2D eigenvalue weighted by Gasteiger charge is -2.13. The van der Waals surface area contributed by atoms with E-state index in [4.69, 9.17) is 5.84 Å². The molecule has 1 unspecified atom stereocenters. The van der Waals surface area contributed by atoms with E-state index in [-0.39, 0.29) is 11.9 Å². The lowest BCUT2D eigenvalue weighted by molar-refractivity contribution is -0.119. The number of rotatable bonds is 4. The number of carbonyl (C=O) groups is 1. The highest BCUT2D eigenvalue weighted by molar-refractivity contribution is 7.16. The van der Waals surface area contributed by atoms with Crippen LogP contribution in [0.3, 0.4) is 0 Å². The fraction of sp³-hybridized carbons (Fsp3) is 0.364. The Hall–Kier alpha value is -1.93. The average Bonchev–Trinajstić information content (AvgIpc) is 3.04. The van der Waals surface area contributed by atoms with Gasteiger partial charge in [0.15, 0.2) is 0 Å². The van der Waals surface area contributed by atoms with Crippen molar-refractivity contribution < 1.29 is 4.79 Å². The number of fused-ring (bicyclic) bond motifs is 1. The Labute approximate surface area is 113 Å². The predicted octanol–water partition coefficient (Wildman–Crippen LogP) is 0.667. The summed E-state index contributed by atoms with van der Waals surface area (Å²) in [5.41, 5.74) is 2.46. The Bertz CT molecular complexity index is 612. The average molecular weight is 278 g/mol. The number of aromatic nitrogens is 2. The first kappa shape index (κ1) is 12.1. The van der Waals surface area contributed by atoms with Crippen LogP contribution in [-0.2, 0) is 4.79 Å². The lowest BCUT2D eigenvalue weighted by atomic mass is 10.2. The molecular formula is C11H14N6OS. The molecule has 1 aliphatic heterocycles. The summed E-state index contributed by atoms with van der Waals surface area (Å²) in [4.78, 5) is 20.6. The normalized spacial score (nSPS) is 18.6. The van der Waals surface area contributed by atoms with Gasteiger partial charge in [-0.15, -0.1) is 11.3 Å². The number of nitrogens with one attached hydrogen (secondary N) is 3. The Morgan fingerprint density at radius 3 is 3.16 bits per heavy atom. The molecule has 1 amide bonds. The van der Waals surface area contributed by atoms with Crippen LogP contribution in [0.4, 0.5) is 11.8 Å². The van der Waals surface area contributed by atoms with Crippen LogP contribution in [0.5, 0.6) is 0 Å². The highest BCUT2D eigenvalue weighted by atomic mass is 32.1. The summed E-state index contributed by atoms with van der Waals surface area (Å²) < 4.78 is 0. The third-order valence-corrected chi connectivity index (χ3v) is 3.86. The summed E-state index contributed by atoms with van der Waals surface area (Å²) in [6.45, 7) is 0.651. The van der Waals surface area contributed by atoms with E-state index in [0.717, 1.165) is 22.5 Å². The number of hydrogen-bond acceptors (Lipinski definition) is 7. The highest BCUT2D eigenvalue weighted by Gasteiger charge is 2.20. The monoisotopic (exact) mass is 278 g/mol. The quantitative estimate of drug-likeness (QED) is 0.484. The smallest absolute Gasteiger partial charge is 0.240 e. The minimum Gasteiger partial charge on any atom is -0.367 e. The van der Waals surface area contributed by atoms with Crippen LogP contribution in [0.1, 0.15) is 12.8 Å². The van der Waals surface area contributed by atoms with Gasteiger partial charge in [-0.25, -0.2) is 10.8 Å². The Kier molecular flexibility index (Phi) is 3.18. The summed E-state index contributed by atoms with van der Waals surface area (Å²) in [5.74, 6) is 6.59. The minimum atomic E-state index is 0.111. The molecule has 1 fully saturated rings. The molecule has 0 spiro atoms. The molecule has 0 bridgehead atoms. The third-order valence-electron chi connectivity index (χ3n) is 3.06. The Balaban J connectivity index is 1.79. The summed E-state index contributed by atoms with van der Waals surface area (Å²) in [6.07, 6.45) is 1.45. The first-order chi connectivity index (χ1) is 9.26. The van der Waals surface area contributed by atoms with Gasteiger partial charge >= 0.3 is 0 Å². The Morgan fingerprint density at radius 2 is 2.42 bits per heavy atom. The zero-order valence-electron chi connectivity index (χ0n) is 10.1. The Morgan fingerprint density at radius 1 is 1.53 bits per heavy atom. The molecule has 2 aromatic heterocycles. The zero-order chi connectivity index (χ0) is 13.2. The molecule has 0 radical (unpaired) electrons. The van der Waals surface area contributed by atoms with Gasteiger partial charge in [0.25, 0.3) is 0 Å². The molecule has 1 saturated heterocycles. The van der Waals surface area contributed by atoms with Crippen LogP contribution in [0, 0.1) is 0 Å². The van der Waals surface area contributed by atoms with E-state index in [1.807, 2.05) is 11.4 Å². The second kappa shape index (κ2) is 4.98. The van der Waals surface area contributed by atoms with Crippen molar-refractivity contribution in [2.75, 3.05) is 17.3 Å². The molecule has 5 N–H and O–H groups in total. The van der Waals surface area contributed by atoms with Gasteiger partial charge < -0.3 is 10.6 Å². The SMILES string of the molecule is NNc1nc(NCC2CCC(=O)N2)c2ccsc2n1. The van der Waals surface area contributed by atoms with Gasteiger partial charge in [-0.3, -0.25) is 10.2 Å². The topological polar surface area (TPSA) is 105 Å². The molecule has 0 saturated carbocycles. The second-order valence-corrected chi connectivity index (χ2v) is 5.26. The molecule has 3 rings (SSSR count). The molecule has 2 aromatic rings. The fourth-order valence-corrected chi connectivity index (χ4v) is 2.87. The van der Waals surface area contributed by atoms with E-state index in [1.165, 1.54) is 11.3 Å². The van der Waals surface area contributed by atoms with Crippen molar-refractivity contribution in [1.82, 2.24) is 15.3 Å². The number of hydrazine groups is 1. The van der Waals surface area contributed by atoms with Crippen LogP contribution in [-0.4, -0.2) is 28.5 Å². The van der Waals surface area contributed by atoms with Gasteiger partial charge in [0.2, 0.25) is 11.9 Å². The first-order valence-corrected chi connectivity index (χ1v) is 6.89. The van der Waals surface area contributed by atoms with Crippen LogP contribution in [0.15, 0.2) is 11.4 Å². The third kappa shape index (κ3) is 2.45. The van der Waals surface area contributed by atoms with E-state index in [2.05, 4.69) is 26.0 Å². The second-order valence-electron chi connectivity index (χ2n) is 4.36. The molecule has 1 atom stereocenters. The number of carbonyl (C=O) groups excluding carboxylic acids is 1. The van der Waals surface area contributed by atoms with Gasteiger partial charge in [0, 0.05) is 19.0 Å². The van der Waals surface area contributed by atoms with Crippen molar-refractivity contribution in [2.45, 2.75) is 18.9 Å². The summed E-state index contributed by atoms with van der Waals surface area (Å²) >= 11 is 1.53. The van der Waals surface area contributed by atoms with Gasteiger partial charge in [0.05, 0.1) is 5.39 Å². The van der Waals surface area contributed by atoms with E-state index < -0.39 is 0 Å². The van der Waals surface area contributed by atoms with Gasteiger partial charge in [-0.05, 0) is 17.9 Å². The molecule has 8 heteroatoms. The number of nitrogen functional groups attached to an aromatic ring is 1. The lowest BCUT2D eigenvalue weighted by Crippen LogP contribution is -2.32. The number of nitrogens with zero attached hydrogens (tertiary/aromatic N) is 2. The molecule has 19 heavy (non-hydrogen) atoms. The van der Waals surface area contributed by atoms with E-state index in [9.17, 15) is 4.79 Å². The number of amides is 1. The minimum absolute atomic E-state index is 0.111. The standard InChI is InChI=1S/C11H14N6OS/c12-17-11-15-9(7-3-4-19-10(7)16-11)13-5-6-1-2-8(18)14-6/h3-4,6H,1-2,5,12H2,(H,14,18)(H2,13,15,16,17). The summed E-state index contributed by atoms with van der Waals surface area (Å²) in [7, 11) is 0. The molecule has 1 aliphatic rings. The molecule has 0 aliphatic carbocycles. The fourth-order valence-electron chi connectivity index (χ4n) is 2.11. The van der Waals surface area contributed by atoms with Crippen molar-refractivity contribution in [3.05, 3.63) is 11.4 Å². The maximum absolute atomic E-state index is 11.1. The molecule has 7 nitrogen and oxygen atoms in total. The van der Waals surface area contributed by atoms with E-state index in [1.54, 1.807) is 0 Å². The van der Waals surface area contributed by atoms with Gasteiger partial charge in [0.1, 0.15) is 10.6 Å². The largest absolute Gasteiger partial charge is 0.367 e. The van der Waals surface area contributed by atoms with E-state index >= 15 is 0 Å². The molecule has 3 heterocycles. The van der Waals surface area contributed by atoms with Crippen molar-refractivity contribution in [2.24, 2.45) is 5.84 Å². The van der Waals surface area contributed by atoms with Crippen LogP contribution < -0.4 is 21.9 Å². The molecule has 100 valence electrons. The van der Waals surface area contributed by atoms with Crippen LogP contribution in [0.2, 0.25) is 0 Å². The first-order valence-electron chi connectivity index (χ1n) is 6.01. The predicted molar refractivity (Wildman–Crippen MR) is 74.9 cm³/mol. The van der Waals surface area contributed by atoms with Gasteiger partial charge in [-0.1, -0.05) is 0 Å². The van der Waals surface area contributed by atoms with Crippen LogP contribution >= 0.6 is 11.3 Å². The number of anilines is 2. The maximum atomic E-state index is 11.1. The van der Waals surface area contributed by atoms with Crippen LogP contribution in [0.25, 0.3) is 10.2 Å². The maximum Gasteiger partial charge on any atom is 0.240 e. The highest BCUT2D eigenvalue weighted by Crippen LogP contribution is 2.26. The number of hydrogen-bond donors (Lipinski definition) is 4. The number of nitrogens with two attached hydrogens (primary N) is 1. The van der Waals surface area contributed by atoms with Crippen molar-refractivity contribution >= 4 is 39.2 Å².